The Labute approximate surface area is 282 Å². The lowest BCUT2D eigenvalue weighted by Crippen LogP contribution is -2.01. The van der Waals surface area contributed by atoms with Crippen LogP contribution in [0.25, 0.3) is 83.2 Å². The molecule has 7 aromatic carbocycles. The molecule has 0 N–H and O–H groups in total. The largest absolute Gasteiger partial charge is 0.309 e. The first-order valence-electron chi connectivity index (χ1n) is 16.5. The standard InChI is InChI=1S/C44H29N5/c1-4-14-30(15-5-1)42-43(31-16-6-2-7-17-31)49(46-45-42)34-26-24-33(25-27-34)47-39-23-13-11-21-37(39)41-40(47)29-28-36-35-20-10-12-22-38(35)48(44(36)41)32-18-8-3-9-19-32/h1-29H. The van der Waals surface area contributed by atoms with Gasteiger partial charge in [0, 0.05) is 44.0 Å². The Morgan fingerprint density at radius 2 is 0.918 bits per heavy atom. The van der Waals surface area contributed by atoms with Gasteiger partial charge in [0.15, 0.2) is 0 Å². The topological polar surface area (TPSA) is 40.6 Å². The third kappa shape index (κ3) is 4.19. The van der Waals surface area contributed by atoms with Gasteiger partial charge in [0.05, 0.1) is 27.8 Å². The molecule has 0 atom stereocenters. The van der Waals surface area contributed by atoms with E-state index < -0.39 is 0 Å². The van der Waals surface area contributed by atoms with Crippen LogP contribution in [0.15, 0.2) is 176 Å². The average Bonchev–Trinajstić information content (AvgIpc) is 3.87. The highest BCUT2D eigenvalue weighted by Crippen LogP contribution is 2.42. The lowest BCUT2D eigenvalue weighted by Gasteiger charge is -2.12. The van der Waals surface area contributed by atoms with E-state index in [1.165, 1.54) is 43.6 Å². The molecule has 0 fully saturated rings. The summed E-state index contributed by atoms with van der Waals surface area (Å²) in [5.41, 5.74) is 11.9. The molecule has 0 amide bonds. The van der Waals surface area contributed by atoms with Crippen LogP contribution in [0.1, 0.15) is 0 Å². The summed E-state index contributed by atoms with van der Waals surface area (Å²) >= 11 is 0. The summed E-state index contributed by atoms with van der Waals surface area (Å²) in [6.45, 7) is 0. The second kappa shape index (κ2) is 10.9. The molecule has 3 aromatic heterocycles. The van der Waals surface area contributed by atoms with Gasteiger partial charge in [-0.05, 0) is 54.6 Å². The Balaban J connectivity index is 1.19. The Hall–Kier alpha value is -6.72. The molecule has 0 radical (unpaired) electrons. The molecule has 0 saturated carbocycles. The number of fused-ring (bicyclic) bond motifs is 7. The van der Waals surface area contributed by atoms with Crippen molar-refractivity contribution in [2.24, 2.45) is 0 Å². The normalized spacial score (nSPS) is 11.7. The molecule has 0 aliphatic heterocycles. The molecule has 5 heteroatoms. The van der Waals surface area contributed by atoms with Crippen molar-refractivity contribution in [3.63, 3.8) is 0 Å². The number of nitrogens with zero attached hydrogens (tertiary/aromatic N) is 5. The molecular formula is C44H29N5. The van der Waals surface area contributed by atoms with Crippen LogP contribution in [0.3, 0.4) is 0 Å². The smallest absolute Gasteiger partial charge is 0.121 e. The SMILES string of the molecule is c1ccc(-c2nnn(-c3ccc(-n4c5ccccc5c5c4ccc4c6ccccc6n(-c6ccccc6)c45)cc3)c2-c2ccccc2)cc1. The van der Waals surface area contributed by atoms with E-state index in [0.717, 1.165) is 39.6 Å². The Bertz CT molecular complexity index is 2790. The predicted octanol–water partition coefficient (Wildman–Crippen LogP) is 10.8. The van der Waals surface area contributed by atoms with Gasteiger partial charge in [-0.25, -0.2) is 4.68 Å². The van der Waals surface area contributed by atoms with Crippen molar-refractivity contribution in [3.8, 4) is 39.6 Å². The van der Waals surface area contributed by atoms with Crippen molar-refractivity contribution in [2.45, 2.75) is 0 Å². The molecule has 0 unspecified atom stereocenters. The number of hydrogen-bond donors (Lipinski definition) is 0. The highest BCUT2D eigenvalue weighted by Gasteiger charge is 2.21. The van der Waals surface area contributed by atoms with Crippen molar-refractivity contribution in [1.29, 1.82) is 0 Å². The molecule has 0 saturated heterocycles. The maximum Gasteiger partial charge on any atom is 0.121 e. The number of rotatable bonds is 5. The van der Waals surface area contributed by atoms with Gasteiger partial charge in [0.2, 0.25) is 0 Å². The minimum Gasteiger partial charge on any atom is -0.309 e. The Morgan fingerprint density at radius 1 is 0.367 bits per heavy atom. The summed E-state index contributed by atoms with van der Waals surface area (Å²) in [6, 6.07) is 62.0. The van der Waals surface area contributed by atoms with Crippen LogP contribution in [0.2, 0.25) is 0 Å². The minimum absolute atomic E-state index is 0.857. The van der Waals surface area contributed by atoms with Crippen LogP contribution in [-0.2, 0) is 0 Å². The van der Waals surface area contributed by atoms with Crippen LogP contribution in [0.5, 0.6) is 0 Å². The lowest BCUT2D eigenvalue weighted by molar-refractivity contribution is 0.808. The molecule has 230 valence electrons. The minimum atomic E-state index is 0.857. The maximum atomic E-state index is 4.68. The zero-order valence-corrected chi connectivity index (χ0v) is 26.5. The van der Waals surface area contributed by atoms with E-state index in [4.69, 9.17) is 0 Å². The monoisotopic (exact) mass is 627 g/mol. The molecule has 0 spiro atoms. The summed E-state index contributed by atoms with van der Waals surface area (Å²) in [5, 5.41) is 14.3. The molecular weight excluding hydrogens is 599 g/mol. The van der Waals surface area contributed by atoms with Gasteiger partial charge < -0.3 is 9.13 Å². The van der Waals surface area contributed by atoms with Crippen LogP contribution in [0, 0.1) is 0 Å². The molecule has 3 heterocycles. The van der Waals surface area contributed by atoms with Crippen molar-refractivity contribution in [3.05, 3.63) is 176 Å². The summed E-state index contributed by atoms with van der Waals surface area (Å²) < 4.78 is 6.76. The van der Waals surface area contributed by atoms with Gasteiger partial charge in [0.25, 0.3) is 0 Å². The van der Waals surface area contributed by atoms with E-state index in [-0.39, 0.29) is 0 Å². The summed E-state index contributed by atoms with van der Waals surface area (Å²) in [4.78, 5) is 0. The third-order valence-corrected chi connectivity index (χ3v) is 9.60. The van der Waals surface area contributed by atoms with Gasteiger partial charge in [-0.1, -0.05) is 127 Å². The molecule has 10 rings (SSSR count). The molecule has 0 aliphatic rings. The summed E-state index contributed by atoms with van der Waals surface area (Å²) in [6.07, 6.45) is 0. The highest BCUT2D eigenvalue weighted by atomic mass is 15.4. The predicted molar refractivity (Wildman–Crippen MR) is 201 cm³/mol. The van der Waals surface area contributed by atoms with Crippen LogP contribution >= 0.6 is 0 Å². The van der Waals surface area contributed by atoms with E-state index in [0.29, 0.717) is 0 Å². The zero-order chi connectivity index (χ0) is 32.3. The van der Waals surface area contributed by atoms with Gasteiger partial charge in [-0.15, -0.1) is 5.10 Å². The summed E-state index contributed by atoms with van der Waals surface area (Å²) in [7, 11) is 0. The fourth-order valence-corrected chi connectivity index (χ4v) is 7.48. The van der Waals surface area contributed by atoms with Crippen LogP contribution in [0.4, 0.5) is 0 Å². The van der Waals surface area contributed by atoms with Crippen molar-refractivity contribution in [1.82, 2.24) is 24.1 Å². The third-order valence-electron chi connectivity index (χ3n) is 9.60. The Morgan fingerprint density at radius 3 is 1.63 bits per heavy atom. The van der Waals surface area contributed by atoms with Crippen LogP contribution in [-0.4, -0.2) is 24.1 Å². The van der Waals surface area contributed by atoms with E-state index in [1.807, 2.05) is 28.9 Å². The summed E-state index contributed by atoms with van der Waals surface area (Å²) in [5.74, 6) is 0. The van der Waals surface area contributed by atoms with Crippen molar-refractivity contribution >= 4 is 43.6 Å². The first kappa shape index (κ1) is 27.4. The van der Waals surface area contributed by atoms with Gasteiger partial charge in [0.1, 0.15) is 11.4 Å². The number of hydrogen-bond acceptors (Lipinski definition) is 2. The molecule has 0 bridgehead atoms. The maximum absolute atomic E-state index is 4.68. The van der Waals surface area contributed by atoms with Crippen LogP contribution < -0.4 is 0 Å². The first-order valence-corrected chi connectivity index (χ1v) is 16.5. The Kier molecular flexibility index (Phi) is 6.11. The number of para-hydroxylation sites is 3. The van der Waals surface area contributed by atoms with Gasteiger partial charge in [-0.2, -0.15) is 0 Å². The zero-order valence-electron chi connectivity index (χ0n) is 26.5. The molecule has 49 heavy (non-hydrogen) atoms. The molecule has 0 aliphatic carbocycles. The van der Waals surface area contributed by atoms with E-state index in [2.05, 4.69) is 171 Å². The number of benzene rings is 7. The van der Waals surface area contributed by atoms with E-state index in [1.54, 1.807) is 0 Å². The van der Waals surface area contributed by atoms with Gasteiger partial charge in [-0.3, -0.25) is 0 Å². The van der Waals surface area contributed by atoms with Crippen molar-refractivity contribution < 1.29 is 0 Å². The van der Waals surface area contributed by atoms with E-state index >= 15 is 0 Å². The fourth-order valence-electron chi connectivity index (χ4n) is 7.48. The van der Waals surface area contributed by atoms with Crippen molar-refractivity contribution in [2.75, 3.05) is 0 Å². The fraction of sp³-hybridized carbons (Fsp3) is 0. The second-order valence-corrected chi connectivity index (χ2v) is 12.3. The molecule has 10 aromatic rings. The lowest BCUT2D eigenvalue weighted by atomic mass is 10.0. The first-order chi connectivity index (χ1) is 24.3. The van der Waals surface area contributed by atoms with Gasteiger partial charge >= 0.3 is 0 Å². The average molecular weight is 628 g/mol. The highest BCUT2D eigenvalue weighted by molar-refractivity contribution is 6.26. The second-order valence-electron chi connectivity index (χ2n) is 12.3. The molecule has 5 nitrogen and oxygen atoms in total. The number of aromatic nitrogens is 5. The van der Waals surface area contributed by atoms with E-state index in [9.17, 15) is 0 Å². The quantitative estimate of drug-likeness (QED) is 0.190.